The molecule has 0 spiro atoms. The first kappa shape index (κ1) is 33.5. The number of carboxylic acid groups (broad SMARTS) is 2. The van der Waals surface area contributed by atoms with Gasteiger partial charge in [-0.3, -0.25) is 0 Å². The number of rotatable bonds is 1. The molecule has 1 fully saturated rings. The number of aliphatic carboxylic acids is 2. The largest absolute Gasteiger partial charge is 2.00 e. The smallest absolute Gasteiger partial charge is 0.550 e. The molecule has 0 atom stereocenters. The summed E-state index contributed by atoms with van der Waals surface area (Å²) in [5, 5.41) is 24.9. The molecule has 10 heteroatoms. The minimum absolute atomic E-state index is 0. The molecule has 7 nitrogen and oxygen atoms in total. The fourth-order valence-corrected chi connectivity index (χ4v) is 1.87. The Balaban J connectivity index is -0.000000168. The molecule has 0 unspecified atom stereocenters. The molecule has 2 N–H and O–H groups in total. The number of alkyl halides is 2. The van der Waals surface area contributed by atoms with Crippen molar-refractivity contribution in [3.63, 3.8) is 0 Å². The molecule has 1 saturated heterocycles. The zero-order chi connectivity index (χ0) is 19.9. The zero-order valence-corrected chi connectivity index (χ0v) is 18.4. The topological polar surface area (TPSA) is 108 Å². The van der Waals surface area contributed by atoms with Crippen LogP contribution in [0.25, 0.3) is 0 Å². The van der Waals surface area contributed by atoms with Gasteiger partial charge in [-0.2, -0.15) is 0 Å². The Kier molecular flexibility index (Phi) is 38.2. The van der Waals surface area contributed by atoms with Gasteiger partial charge >= 0.3 is 17.1 Å². The molecule has 1 heterocycles. The summed E-state index contributed by atoms with van der Waals surface area (Å²) in [6, 6.07) is 0. The first-order valence-electron chi connectivity index (χ1n) is 8.42. The second kappa shape index (κ2) is 29.7. The van der Waals surface area contributed by atoms with Crippen molar-refractivity contribution in [3.05, 3.63) is 0 Å². The average Bonchev–Trinajstić information content (AvgIpc) is 2.47. The van der Waals surface area contributed by atoms with Gasteiger partial charge in [0.15, 0.2) is 0 Å². The van der Waals surface area contributed by atoms with E-state index in [1.165, 1.54) is 65.1 Å². The maximum absolute atomic E-state index is 8.89. The van der Waals surface area contributed by atoms with Gasteiger partial charge in [-0.1, -0.05) is 6.92 Å². The van der Waals surface area contributed by atoms with Crippen LogP contribution in [-0.4, -0.2) is 68.0 Å². The minimum atomic E-state index is -1.08. The molecule has 0 bridgehead atoms. The number of nitrogens with zero attached hydrogens (tertiary/aromatic N) is 1. The molecule has 1 rings (SSSR count). The molecular weight excluding hydrogens is 433 g/mol. The number of nitrogens with one attached hydrogen (secondary N) is 2. The molecule has 0 aromatic rings. The molecule has 1 aliphatic rings. The van der Waals surface area contributed by atoms with Gasteiger partial charge < -0.3 is 35.3 Å². The molecule has 0 aliphatic carbocycles. The van der Waals surface area contributed by atoms with Crippen LogP contribution in [0.15, 0.2) is 0 Å². The van der Waals surface area contributed by atoms with Crippen LogP contribution in [0, 0.1) is 0 Å². The zero-order valence-electron chi connectivity index (χ0n) is 15.9. The average molecular weight is 466 g/mol. The van der Waals surface area contributed by atoms with E-state index in [9.17, 15) is 0 Å². The predicted octanol–water partition coefficient (Wildman–Crippen LogP) is -0.397. The van der Waals surface area contributed by atoms with Gasteiger partial charge in [-0.25, -0.2) is 0 Å². The number of hydrogen-bond acceptors (Lipinski definition) is 7. The van der Waals surface area contributed by atoms with E-state index in [-0.39, 0.29) is 22.4 Å². The van der Waals surface area contributed by atoms with Crippen molar-refractivity contribution in [3.8, 4) is 0 Å². The van der Waals surface area contributed by atoms with Crippen molar-refractivity contribution in [1.82, 2.24) is 15.5 Å². The third kappa shape index (κ3) is 49.6. The third-order valence-electron chi connectivity index (χ3n) is 2.81. The molecule has 1 radical (unpaired) electrons. The molecular formula is C16H33Cl2CuN3O4. The van der Waals surface area contributed by atoms with Crippen molar-refractivity contribution in [1.29, 1.82) is 0 Å². The Hall–Kier alpha value is -0.0805. The van der Waals surface area contributed by atoms with Gasteiger partial charge in [-0.15, -0.1) is 23.2 Å². The van der Waals surface area contributed by atoms with E-state index in [1.807, 2.05) is 0 Å². The van der Waals surface area contributed by atoms with Crippen LogP contribution in [0.3, 0.4) is 0 Å². The monoisotopic (exact) mass is 464 g/mol. The fourth-order valence-electron chi connectivity index (χ4n) is 1.87. The van der Waals surface area contributed by atoms with Crippen LogP contribution in [0.5, 0.6) is 0 Å². The van der Waals surface area contributed by atoms with E-state index in [1.54, 1.807) is 0 Å². The molecule has 0 saturated carbocycles. The Labute approximate surface area is 178 Å². The van der Waals surface area contributed by atoms with E-state index in [0.717, 1.165) is 13.8 Å². The summed E-state index contributed by atoms with van der Waals surface area (Å²) in [5.41, 5.74) is 0. The second-order valence-electron chi connectivity index (χ2n) is 5.08. The van der Waals surface area contributed by atoms with Crippen LogP contribution in [-0.2, 0) is 26.7 Å². The van der Waals surface area contributed by atoms with Crippen molar-refractivity contribution in [2.24, 2.45) is 0 Å². The molecule has 26 heavy (non-hydrogen) atoms. The number of carbonyl (C=O) groups excluding carboxylic acids is 2. The predicted molar refractivity (Wildman–Crippen MR) is 99.6 cm³/mol. The molecule has 1 aliphatic heterocycles. The second-order valence-corrected chi connectivity index (χ2v) is 5.89. The summed E-state index contributed by atoms with van der Waals surface area (Å²) in [6.45, 7) is 12.6. The van der Waals surface area contributed by atoms with Crippen LogP contribution >= 0.6 is 23.2 Å². The standard InChI is InChI=1S/C11H25N3.2C2H4O2.CH2Cl2.Cu/c1-2-14-10-4-8-12-6-3-7-13-9-5-11-14;2*1-2(3)4;2-1-3;/h12-13H,2-11H2,1H3;2*1H3,(H,3,4);1H2;/q;;;;+2/p-2. The summed E-state index contributed by atoms with van der Waals surface area (Å²) < 4.78 is 0. The van der Waals surface area contributed by atoms with Crippen molar-refractivity contribution in [2.45, 2.75) is 40.0 Å². The van der Waals surface area contributed by atoms with E-state index in [0.29, 0.717) is 0 Å². The molecule has 161 valence electrons. The Morgan fingerprint density at radius 3 is 1.42 bits per heavy atom. The van der Waals surface area contributed by atoms with E-state index in [4.69, 9.17) is 43.0 Å². The summed E-state index contributed by atoms with van der Waals surface area (Å²) in [4.78, 5) is 20.3. The maximum Gasteiger partial charge on any atom is 2.00 e. The van der Waals surface area contributed by atoms with Gasteiger partial charge in [0.25, 0.3) is 0 Å². The molecule has 0 aromatic carbocycles. The number of halogens is 2. The summed E-state index contributed by atoms with van der Waals surface area (Å²) in [6.07, 6.45) is 3.85. The van der Waals surface area contributed by atoms with Gasteiger partial charge in [0.1, 0.15) is 0 Å². The minimum Gasteiger partial charge on any atom is -0.550 e. The fraction of sp³-hybridized carbons (Fsp3) is 0.875. The number of hydrogen-bond donors (Lipinski definition) is 2. The van der Waals surface area contributed by atoms with Gasteiger partial charge in [0.2, 0.25) is 0 Å². The Morgan fingerprint density at radius 2 is 1.15 bits per heavy atom. The first-order valence-corrected chi connectivity index (χ1v) is 9.49. The molecule has 0 amide bonds. The van der Waals surface area contributed by atoms with E-state index in [2.05, 4.69) is 22.5 Å². The summed E-state index contributed by atoms with van der Waals surface area (Å²) in [5.74, 6) is -2.17. The van der Waals surface area contributed by atoms with Crippen LogP contribution in [0.1, 0.15) is 40.0 Å². The van der Waals surface area contributed by atoms with Crippen molar-refractivity contribution < 1.29 is 36.9 Å². The van der Waals surface area contributed by atoms with Crippen molar-refractivity contribution in [2.75, 3.05) is 51.2 Å². The summed E-state index contributed by atoms with van der Waals surface area (Å²) in [7, 11) is 0. The van der Waals surface area contributed by atoms with E-state index < -0.39 is 11.9 Å². The first-order chi connectivity index (χ1) is 11.8. The van der Waals surface area contributed by atoms with Crippen LogP contribution in [0.2, 0.25) is 0 Å². The van der Waals surface area contributed by atoms with Gasteiger partial charge in [0, 0.05) is 11.9 Å². The summed E-state index contributed by atoms with van der Waals surface area (Å²) >= 11 is 9.53. The quantitative estimate of drug-likeness (QED) is 0.401. The molecule has 0 aromatic heterocycles. The van der Waals surface area contributed by atoms with E-state index >= 15 is 0 Å². The van der Waals surface area contributed by atoms with Crippen LogP contribution in [0.4, 0.5) is 0 Å². The number of carbonyl (C=O) groups is 2. The van der Waals surface area contributed by atoms with Gasteiger partial charge in [-0.05, 0) is 78.9 Å². The Morgan fingerprint density at radius 1 is 0.885 bits per heavy atom. The maximum atomic E-state index is 8.89. The van der Waals surface area contributed by atoms with Gasteiger partial charge in [0.05, 0.1) is 5.34 Å². The van der Waals surface area contributed by atoms with Crippen LogP contribution < -0.4 is 20.8 Å². The SMILES string of the molecule is CC(=O)[O-].CC(=O)[O-].CCN1CCCNCCCNCCC1.ClCCl.[Cu+2]. The third-order valence-corrected chi connectivity index (χ3v) is 2.81. The number of carboxylic acids is 2. The Bertz CT molecular complexity index is 273. The normalized spacial score (nSPS) is 15.4. The van der Waals surface area contributed by atoms with Crippen molar-refractivity contribution >= 4 is 35.1 Å².